The zero-order valence-electron chi connectivity index (χ0n) is 13.3. The van der Waals surface area contributed by atoms with E-state index in [4.69, 9.17) is 9.31 Å². The second-order valence-corrected chi connectivity index (χ2v) is 6.64. The first-order valence-corrected chi connectivity index (χ1v) is 7.41. The van der Waals surface area contributed by atoms with Gasteiger partial charge in [-0.1, -0.05) is 30.3 Å². The van der Waals surface area contributed by atoms with Crippen molar-refractivity contribution < 1.29 is 13.7 Å². The van der Waals surface area contributed by atoms with Gasteiger partial charge in [0.25, 0.3) is 6.08 Å². The molecule has 2 heterocycles. The molecule has 0 atom stereocenters. The Balaban J connectivity index is 1.82. The monoisotopic (exact) mass is 302 g/mol. The first-order valence-electron chi connectivity index (χ1n) is 7.41. The van der Waals surface area contributed by atoms with Crippen LogP contribution in [-0.2, 0) is 15.9 Å². The summed E-state index contributed by atoms with van der Waals surface area (Å²) in [5.74, 6) is 0. The van der Waals surface area contributed by atoms with Crippen molar-refractivity contribution >= 4 is 12.7 Å². The largest absolute Gasteiger partial charge is 0.516 e. The molecule has 6 heteroatoms. The van der Waals surface area contributed by atoms with Gasteiger partial charge in [-0.15, -0.1) is 0 Å². The summed E-state index contributed by atoms with van der Waals surface area (Å²) in [4.78, 5) is 3.97. The lowest BCUT2D eigenvalue weighted by Crippen LogP contribution is -2.41. The molecule has 1 aliphatic rings. The predicted molar refractivity (Wildman–Crippen MR) is 83.4 cm³/mol. The highest BCUT2D eigenvalue weighted by molar-refractivity contribution is 6.61. The van der Waals surface area contributed by atoms with Crippen LogP contribution >= 0.6 is 0 Å². The maximum Gasteiger partial charge on any atom is 0.516 e. The molecule has 1 aliphatic heterocycles. The minimum atomic E-state index is -0.642. The Morgan fingerprint density at radius 3 is 2.27 bits per heavy atom. The van der Waals surface area contributed by atoms with E-state index in [0.717, 1.165) is 5.56 Å². The van der Waals surface area contributed by atoms with E-state index in [1.807, 2.05) is 58.0 Å². The molecule has 0 spiro atoms. The van der Waals surface area contributed by atoms with Crippen LogP contribution in [0, 0.1) is 6.08 Å². The van der Waals surface area contributed by atoms with Gasteiger partial charge in [-0.2, -0.15) is 4.39 Å². The molecule has 4 nitrogen and oxygen atoms in total. The Morgan fingerprint density at radius 2 is 1.68 bits per heavy atom. The van der Waals surface area contributed by atoms with Crippen LogP contribution in [0.2, 0.25) is 0 Å². The fourth-order valence-corrected chi connectivity index (χ4v) is 2.38. The van der Waals surface area contributed by atoms with Crippen molar-refractivity contribution in [3.05, 3.63) is 48.2 Å². The molecular formula is C16H20BFN2O2. The number of imidazole rings is 1. The number of aromatic nitrogens is 2. The first-order chi connectivity index (χ1) is 10.3. The smallest absolute Gasteiger partial charge is 0.398 e. The molecule has 116 valence electrons. The van der Waals surface area contributed by atoms with Crippen molar-refractivity contribution in [2.45, 2.75) is 45.4 Å². The third-order valence-corrected chi connectivity index (χ3v) is 4.44. The Bertz CT molecular complexity index is 654. The van der Waals surface area contributed by atoms with E-state index < -0.39 is 24.4 Å². The van der Waals surface area contributed by atoms with Crippen LogP contribution in [0.25, 0.3) is 0 Å². The van der Waals surface area contributed by atoms with E-state index in [1.54, 1.807) is 6.20 Å². The molecule has 0 bridgehead atoms. The van der Waals surface area contributed by atoms with Crippen LogP contribution in [-0.4, -0.2) is 27.9 Å². The van der Waals surface area contributed by atoms with Crippen molar-refractivity contribution in [1.82, 2.24) is 9.55 Å². The highest BCUT2D eigenvalue weighted by Crippen LogP contribution is 2.36. The SMILES string of the molecule is CC1(C)OB(c2cn(Cc3ccccc3)c(F)n2)OC1(C)C. The number of hydrogen-bond acceptors (Lipinski definition) is 3. The normalized spacial score (nSPS) is 19.6. The van der Waals surface area contributed by atoms with Gasteiger partial charge in [0.15, 0.2) is 0 Å². The third kappa shape index (κ3) is 2.68. The van der Waals surface area contributed by atoms with E-state index in [1.165, 1.54) is 4.57 Å². The topological polar surface area (TPSA) is 36.3 Å². The molecule has 0 saturated carbocycles. The molecule has 0 radical (unpaired) electrons. The molecule has 2 aromatic rings. The summed E-state index contributed by atoms with van der Waals surface area (Å²) in [7, 11) is -0.642. The quantitative estimate of drug-likeness (QED) is 0.817. The average molecular weight is 302 g/mol. The number of hydrogen-bond donors (Lipinski definition) is 0. The van der Waals surface area contributed by atoms with Gasteiger partial charge in [-0.05, 0) is 33.3 Å². The van der Waals surface area contributed by atoms with Crippen molar-refractivity contribution in [1.29, 1.82) is 0 Å². The summed E-state index contributed by atoms with van der Waals surface area (Å²) in [6, 6.07) is 9.70. The minimum absolute atomic E-state index is 0.430. The van der Waals surface area contributed by atoms with Crippen LogP contribution < -0.4 is 5.59 Å². The maximum absolute atomic E-state index is 14.1. The number of benzene rings is 1. The fourth-order valence-electron chi connectivity index (χ4n) is 2.38. The molecule has 1 saturated heterocycles. The van der Waals surface area contributed by atoms with E-state index in [2.05, 4.69) is 4.98 Å². The van der Waals surface area contributed by atoms with Gasteiger partial charge in [0.05, 0.1) is 23.3 Å². The van der Waals surface area contributed by atoms with Crippen LogP contribution in [0.3, 0.4) is 0 Å². The van der Waals surface area contributed by atoms with E-state index in [0.29, 0.717) is 12.1 Å². The Labute approximate surface area is 130 Å². The molecule has 1 aromatic heterocycles. The van der Waals surface area contributed by atoms with Crippen molar-refractivity contribution in [2.24, 2.45) is 0 Å². The van der Waals surface area contributed by atoms with Gasteiger partial charge in [-0.25, -0.2) is 4.98 Å². The highest BCUT2D eigenvalue weighted by atomic mass is 19.1. The zero-order valence-corrected chi connectivity index (χ0v) is 13.3. The average Bonchev–Trinajstić information content (AvgIpc) is 2.89. The second-order valence-electron chi connectivity index (χ2n) is 6.64. The van der Waals surface area contributed by atoms with Crippen molar-refractivity contribution in [2.75, 3.05) is 0 Å². The molecule has 0 aliphatic carbocycles. The Hall–Kier alpha value is -1.66. The Kier molecular flexibility index (Phi) is 3.61. The number of nitrogens with zero attached hydrogens (tertiary/aromatic N) is 2. The molecule has 22 heavy (non-hydrogen) atoms. The number of rotatable bonds is 3. The van der Waals surface area contributed by atoms with Crippen molar-refractivity contribution in [3.63, 3.8) is 0 Å². The van der Waals surface area contributed by atoms with E-state index >= 15 is 0 Å². The summed E-state index contributed by atoms with van der Waals surface area (Å²) in [5.41, 5.74) is 0.556. The minimum Gasteiger partial charge on any atom is -0.398 e. The lowest BCUT2D eigenvalue weighted by molar-refractivity contribution is 0.00578. The van der Waals surface area contributed by atoms with Crippen LogP contribution in [0.4, 0.5) is 4.39 Å². The standard InChI is InChI=1S/C16H20BFN2O2/c1-15(2)16(3,4)22-17(21-15)13-11-20(14(18)19-13)10-12-8-6-5-7-9-12/h5-9,11H,10H2,1-4H3. The summed E-state index contributed by atoms with van der Waals surface area (Å²) in [5, 5.41) is 0. The van der Waals surface area contributed by atoms with Gasteiger partial charge in [0, 0.05) is 6.20 Å². The highest BCUT2D eigenvalue weighted by Gasteiger charge is 2.52. The van der Waals surface area contributed by atoms with Crippen molar-refractivity contribution in [3.8, 4) is 0 Å². The second kappa shape index (κ2) is 5.21. The first kappa shape index (κ1) is 15.2. The predicted octanol–water partition coefficient (Wildman–Crippen LogP) is 2.37. The summed E-state index contributed by atoms with van der Waals surface area (Å²) >= 11 is 0. The molecule has 0 unspecified atom stereocenters. The van der Waals surface area contributed by atoms with Gasteiger partial charge in [0.1, 0.15) is 0 Å². The van der Waals surface area contributed by atoms with Gasteiger partial charge >= 0.3 is 7.12 Å². The zero-order chi connectivity index (χ0) is 16.0. The summed E-state index contributed by atoms with van der Waals surface area (Å²) in [6.45, 7) is 8.28. The van der Waals surface area contributed by atoms with E-state index in [9.17, 15) is 4.39 Å². The lowest BCUT2D eigenvalue weighted by Gasteiger charge is -2.32. The molecule has 1 aromatic carbocycles. The Morgan fingerprint density at radius 1 is 1.09 bits per heavy atom. The summed E-state index contributed by atoms with van der Waals surface area (Å²) in [6.07, 6.45) is 1.12. The maximum atomic E-state index is 14.1. The van der Waals surface area contributed by atoms with Gasteiger partial charge in [-0.3, -0.25) is 0 Å². The van der Waals surface area contributed by atoms with Crippen LogP contribution in [0.15, 0.2) is 36.5 Å². The molecule has 1 fully saturated rings. The van der Waals surface area contributed by atoms with Gasteiger partial charge in [0.2, 0.25) is 0 Å². The van der Waals surface area contributed by atoms with E-state index in [-0.39, 0.29) is 0 Å². The van der Waals surface area contributed by atoms with Crippen LogP contribution in [0.1, 0.15) is 33.3 Å². The third-order valence-electron chi connectivity index (χ3n) is 4.44. The lowest BCUT2D eigenvalue weighted by atomic mass is 9.86. The molecule has 0 amide bonds. The fraction of sp³-hybridized carbons (Fsp3) is 0.438. The summed E-state index contributed by atoms with van der Waals surface area (Å²) < 4.78 is 27.4. The molecule has 3 rings (SSSR count). The number of halogens is 1. The molecule has 0 N–H and O–H groups in total. The van der Waals surface area contributed by atoms with Crippen LogP contribution in [0.5, 0.6) is 0 Å². The van der Waals surface area contributed by atoms with Gasteiger partial charge < -0.3 is 13.9 Å². The molecular weight excluding hydrogens is 282 g/mol.